The van der Waals surface area contributed by atoms with Crippen LogP contribution in [0.1, 0.15) is 23.1 Å². The number of carbonyl (C=O) groups excluding carboxylic acids is 1. The number of anilines is 1. The van der Waals surface area contributed by atoms with Gasteiger partial charge in [-0.2, -0.15) is 0 Å². The van der Waals surface area contributed by atoms with Crippen LogP contribution < -0.4 is 5.73 Å². The summed E-state index contributed by atoms with van der Waals surface area (Å²) in [7, 11) is 0. The molecule has 1 aromatic rings. The van der Waals surface area contributed by atoms with E-state index in [9.17, 15) is 4.79 Å². The topological polar surface area (TPSA) is 43.1 Å². The molecule has 0 unspecified atom stereocenters. The largest absolute Gasteiger partial charge is 0.399 e. The van der Waals surface area contributed by atoms with Crippen LogP contribution in [-0.4, -0.2) is 6.29 Å². The van der Waals surface area contributed by atoms with Crippen molar-refractivity contribution in [3.8, 4) is 0 Å². The summed E-state index contributed by atoms with van der Waals surface area (Å²) in [6.45, 7) is 4.04. The van der Waals surface area contributed by atoms with Crippen molar-refractivity contribution in [1.82, 2.24) is 0 Å². The SMILES string of the molecule is Cc1cc(N)cc(C)c1C=CCC=O. The minimum atomic E-state index is 0.462. The van der Waals surface area contributed by atoms with E-state index in [-0.39, 0.29) is 0 Å². The van der Waals surface area contributed by atoms with E-state index >= 15 is 0 Å². The molecule has 0 amide bonds. The summed E-state index contributed by atoms with van der Waals surface area (Å²) in [5.41, 5.74) is 9.93. The Labute approximate surface area is 84.4 Å². The van der Waals surface area contributed by atoms with Gasteiger partial charge in [-0.1, -0.05) is 12.2 Å². The molecule has 2 heteroatoms. The Morgan fingerprint density at radius 3 is 2.36 bits per heavy atom. The molecule has 0 aromatic heterocycles. The highest BCUT2D eigenvalue weighted by Gasteiger charge is 1.99. The van der Waals surface area contributed by atoms with E-state index in [2.05, 4.69) is 0 Å². The van der Waals surface area contributed by atoms with Gasteiger partial charge < -0.3 is 10.5 Å². The average molecular weight is 189 g/mol. The second-order valence-corrected chi connectivity index (χ2v) is 3.37. The monoisotopic (exact) mass is 189 g/mol. The number of hydrogen-bond acceptors (Lipinski definition) is 2. The van der Waals surface area contributed by atoms with Crippen molar-refractivity contribution in [2.24, 2.45) is 0 Å². The summed E-state index contributed by atoms with van der Waals surface area (Å²) in [4.78, 5) is 10.1. The van der Waals surface area contributed by atoms with Gasteiger partial charge in [-0.25, -0.2) is 0 Å². The number of allylic oxidation sites excluding steroid dienone is 1. The highest BCUT2D eigenvalue weighted by Crippen LogP contribution is 2.19. The molecule has 0 fully saturated rings. The molecule has 0 radical (unpaired) electrons. The van der Waals surface area contributed by atoms with Gasteiger partial charge in [0, 0.05) is 12.1 Å². The van der Waals surface area contributed by atoms with E-state index in [0.29, 0.717) is 6.42 Å². The molecule has 0 saturated carbocycles. The fraction of sp³-hybridized carbons (Fsp3) is 0.250. The van der Waals surface area contributed by atoms with Crippen LogP contribution in [0.3, 0.4) is 0 Å². The summed E-state index contributed by atoms with van der Waals surface area (Å²) in [6.07, 6.45) is 5.18. The molecule has 0 aliphatic carbocycles. The molecular weight excluding hydrogens is 174 g/mol. The lowest BCUT2D eigenvalue weighted by Gasteiger charge is -2.06. The lowest BCUT2D eigenvalue weighted by atomic mass is 10.0. The third-order valence-electron chi connectivity index (χ3n) is 2.13. The lowest BCUT2D eigenvalue weighted by molar-refractivity contribution is -0.107. The first kappa shape index (κ1) is 10.5. The van der Waals surface area contributed by atoms with Gasteiger partial charge in [0.2, 0.25) is 0 Å². The van der Waals surface area contributed by atoms with Gasteiger partial charge in [-0.05, 0) is 42.7 Å². The van der Waals surface area contributed by atoms with Crippen molar-refractivity contribution in [2.75, 3.05) is 5.73 Å². The number of nitrogens with two attached hydrogens (primary N) is 1. The molecule has 0 saturated heterocycles. The Morgan fingerprint density at radius 1 is 1.29 bits per heavy atom. The molecule has 2 nitrogen and oxygen atoms in total. The van der Waals surface area contributed by atoms with Crippen LogP contribution >= 0.6 is 0 Å². The number of aryl methyl sites for hydroxylation is 2. The molecule has 0 aliphatic rings. The minimum absolute atomic E-state index is 0.462. The number of nitrogen functional groups attached to an aromatic ring is 1. The Hall–Kier alpha value is -1.57. The quantitative estimate of drug-likeness (QED) is 0.586. The Balaban J connectivity index is 3.02. The van der Waals surface area contributed by atoms with Gasteiger partial charge in [0.15, 0.2) is 0 Å². The summed E-state index contributed by atoms with van der Waals surface area (Å²) >= 11 is 0. The van der Waals surface area contributed by atoms with E-state index < -0.39 is 0 Å². The summed E-state index contributed by atoms with van der Waals surface area (Å²) < 4.78 is 0. The van der Waals surface area contributed by atoms with E-state index in [1.807, 2.05) is 38.1 Å². The molecule has 1 rings (SSSR count). The fourth-order valence-electron chi connectivity index (χ4n) is 1.51. The molecule has 0 bridgehead atoms. The molecule has 14 heavy (non-hydrogen) atoms. The summed E-state index contributed by atoms with van der Waals surface area (Å²) in [5, 5.41) is 0. The molecule has 74 valence electrons. The maximum Gasteiger partial charge on any atom is 0.123 e. The van der Waals surface area contributed by atoms with Crippen molar-refractivity contribution >= 4 is 18.0 Å². The second-order valence-electron chi connectivity index (χ2n) is 3.37. The van der Waals surface area contributed by atoms with Gasteiger partial charge >= 0.3 is 0 Å². The fourth-order valence-corrected chi connectivity index (χ4v) is 1.51. The Bertz CT molecular complexity index is 344. The zero-order valence-corrected chi connectivity index (χ0v) is 8.58. The zero-order valence-electron chi connectivity index (χ0n) is 8.58. The number of rotatable bonds is 3. The predicted molar refractivity (Wildman–Crippen MR) is 60.0 cm³/mol. The van der Waals surface area contributed by atoms with Gasteiger partial charge in [0.05, 0.1) is 0 Å². The Morgan fingerprint density at radius 2 is 1.86 bits per heavy atom. The average Bonchev–Trinajstić information content (AvgIpc) is 2.09. The molecule has 2 N–H and O–H groups in total. The van der Waals surface area contributed by atoms with Crippen LogP contribution in [0.4, 0.5) is 5.69 Å². The van der Waals surface area contributed by atoms with Crippen molar-refractivity contribution < 1.29 is 4.79 Å². The van der Waals surface area contributed by atoms with E-state index in [4.69, 9.17) is 5.73 Å². The normalized spacial score (nSPS) is 10.7. The Kier molecular flexibility index (Phi) is 3.46. The molecule has 0 heterocycles. The van der Waals surface area contributed by atoms with Crippen LogP contribution in [0.5, 0.6) is 0 Å². The van der Waals surface area contributed by atoms with Gasteiger partial charge in [-0.15, -0.1) is 0 Å². The third kappa shape index (κ3) is 2.46. The highest BCUT2D eigenvalue weighted by atomic mass is 16.1. The highest BCUT2D eigenvalue weighted by molar-refractivity contribution is 5.64. The first-order chi connectivity index (χ1) is 6.65. The summed E-state index contributed by atoms with van der Waals surface area (Å²) in [6, 6.07) is 3.88. The number of hydrogen-bond donors (Lipinski definition) is 1. The predicted octanol–water partition coefficient (Wildman–Crippen LogP) is 2.49. The molecule has 1 aromatic carbocycles. The van der Waals surface area contributed by atoms with Crippen molar-refractivity contribution in [3.63, 3.8) is 0 Å². The minimum Gasteiger partial charge on any atom is -0.399 e. The van der Waals surface area contributed by atoms with E-state index in [1.54, 1.807) is 0 Å². The second kappa shape index (κ2) is 4.61. The number of benzene rings is 1. The van der Waals surface area contributed by atoms with Crippen LogP contribution in [0.25, 0.3) is 6.08 Å². The molecule has 0 aliphatic heterocycles. The summed E-state index contributed by atoms with van der Waals surface area (Å²) in [5.74, 6) is 0. The molecule has 0 spiro atoms. The van der Waals surface area contributed by atoms with E-state index in [1.165, 1.54) is 0 Å². The van der Waals surface area contributed by atoms with Crippen LogP contribution in [0.15, 0.2) is 18.2 Å². The maximum atomic E-state index is 10.1. The van der Waals surface area contributed by atoms with Crippen LogP contribution in [-0.2, 0) is 4.79 Å². The van der Waals surface area contributed by atoms with Crippen LogP contribution in [0, 0.1) is 13.8 Å². The van der Waals surface area contributed by atoms with Gasteiger partial charge in [0.25, 0.3) is 0 Å². The lowest BCUT2D eigenvalue weighted by Crippen LogP contribution is -1.91. The first-order valence-corrected chi connectivity index (χ1v) is 4.62. The molecular formula is C12H15NO. The van der Waals surface area contributed by atoms with Gasteiger partial charge in [-0.3, -0.25) is 0 Å². The van der Waals surface area contributed by atoms with Gasteiger partial charge in [0.1, 0.15) is 6.29 Å². The van der Waals surface area contributed by atoms with Crippen molar-refractivity contribution in [3.05, 3.63) is 34.9 Å². The first-order valence-electron chi connectivity index (χ1n) is 4.62. The third-order valence-corrected chi connectivity index (χ3v) is 2.13. The van der Waals surface area contributed by atoms with E-state index in [0.717, 1.165) is 28.7 Å². The smallest absolute Gasteiger partial charge is 0.123 e. The zero-order chi connectivity index (χ0) is 10.6. The van der Waals surface area contributed by atoms with Crippen LogP contribution in [0.2, 0.25) is 0 Å². The maximum absolute atomic E-state index is 10.1. The molecule has 0 atom stereocenters. The van der Waals surface area contributed by atoms with Crippen molar-refractivity contribution in [1.29, 1.82) is 0 Å². The number of carbonyl (C=O) groups is 1. The van der Waals surface area contributed by atoms with Crippen molar-refractivity contribution in [2.45, 2.75) is 20.3 Å². The number of aldehydes is 1. The standard InChI is InChI=1S/C12H15NO/c1-9-7-11(13)8-10(2)12(9)5-3-4-6-14/h3,5-8H,4,13H2,1-2H3.